The summed E-state index contributed by atoms with van der Waals surface area (Å²) in [7, 11) is 0. The fourth-order valence-electron chi connectivity index (χ4n) is 2.12. The molecule has 2 atom stereocenters. The molecule has 0 saturated carbocycles. The Morgan fingerprint density at radius 1 is 1.10 bits per heavy atom. The topological polar surface area (TPSA) is 32.3 Å². The molecule has 2 rings (SSSR count). The minimum atomic E-state index is -0.870. The van der Waals surface area contributed by atoms with Gasteiger partial charge < -0.3 is 10.4 Å². The Bertz CT molecular complexity index is 537. The van der Waals surface area contributed by atoms with Crippen LogP contribution in [-0.4, -0.2) is 11.7 Å². The van der Waals surface area contributed by atoms with Crippen LogP contribution in [0.1, 0.15) is 31.0 Å². The van der Waals surface area contributed by atoms with Crippen molar-refractivity contribution >= 4 is 15.9 Å². The zero-order valence-corrected chi connectivity index (χ0v) is 13.4. The SMILES string of the molecule is CC(NCC(C)(O)c1ccccc1)c1ccc(Br)cc1. The van der Waals surface area contributed by atoms with Crippen molar-refractivity contribution in [2.45, 2.75) is 25.5 Å². The fourth-order valence-corrected chi connectivity index (χ4v) is 2.38. The molecule has 0 aliphatic heterocycles. The largest absolute Gasteiger partial charge is 0.384 e. The van der Waals surface area contributed by atoms with Crippen LogP contribution in [0, 0.1) is 0 Å². The van der Waals surface area contributed by atoms with Gasteiger partial charge in [0.25, 0.3) is 0 Å². The molecule has 0 aliphatic rings. The fraction of sp³-hybridized carbons (Fsp3) is 0.294. The van der Waals surface area contributed by atoms with Gasteiger partial charge in [0.05, 0.1) is 5.60 Å². The third kappa shape index (κ3) is 3.92. The van der Waals surface area contributed by atoms with E-state index in [-0.39, 0.29) is 6.04 Å². The van der Waals surface area contributed by atoms with Crippen molar-refractivity contribution < 1.29 is 5.11 Å². The lowest BCUT2D eigenvalue weighted by Crippen LogP contribution is -2.36. The van der Waals surface area contributed by atoms with Crippen LogP contribution >= 0.6 is 15.9 Å². The molecule has 3 heteroatoms. The molecular weight excluding hydrogens is 314 g/mol. The van der Waals surface area contributed by atoms with Crippen molar-refractivity contribution in [2.24, 2.45) is 0 Å². The van der Waals surface area contributed by atoms with E-state index in [9.17, 15) is 5.11 Å². The molecule has 0 fully saturated rings. The Morgan fingerprint density at radius 2 is 1.70 bits per heavy atom. The molecule has 0 aliphatic carbocycles. The van der Waals surface area contributed by atoms with Crippen LogP contribution < -0.4 is 5.32 Å². The highest BCUT2D eigenvalue weighted by molar-refractivity contribution is 9.10. The molecule has 2 aromatic rings. The van der Waals surface area contributed by atoms with E-state index in [2.05, 4.69) is 40.3 Å². The van der Waals surface area contributed by atoms with Crippen molar-refractivity contribution in [3.8, 4) is 0 Å². The minimum Gasteiger partial charge on any atom is -0.384 e. The summed E-state index contributed by atoms with van der Waals surface area (Å²) < 4.78 is 1.07. The maximum atomic E-state index is 10.6. The van der Waals surface area contributed by atoms with E-state index in [0.29, 0.717) is 6.54 Å². The summed E-state index contributed by atoms with van der Waals surface area (Å²) in [5, 5.41) is 13.9. The van der Waals surface area contributed by atoms with E-state index >= 15 is 0 Å². The van der Waals surface area contributed by atoms with Gasteiger partial charge in [0.2, 0.25) is 0 Å². The predicted molar refractivity (Wildman–Crippen MR) is 86.6 cm³/mol. The average molecular weight is 334 g/mol. The molecule has 2 aromatic carbocycles. The van der Waals surface area contributed by atoms with Crippen molar-refractivity contribution in [3.05, 3.63) is 70.2 Å². The van der Waals surface area contributed by atoms with E-state index in [1.54, 1.807) is 0 Å². The zero-order valence-electron chi connectivity index (χ0n) is 11.8. The Balaban J connectivity index is 1.99. The van der Waals surface area contributed by atoms with Gasteiger partial charge >= 0.3 is 0 Å². The van der Waals surface area contributed by atoms with Gasteiger partial charge in [-0.2, -0.15) is 0 Å². The smallest absolute Gasteiger partial charge is 0.0992 e. The van der Waals surface area contributed by atoms with E-state index in [1.807, 2.05) is 49.4 Å². The van der Waals surface area contributed by atoms with Gasteiger partial charge in [-0.1, -0.05) is 58.4 Å². The van der Waals surface area contributed by atoms with Gasteiger partial charge in [-0.15, -0.1) is 0 Å². The summed E-state index contributed by atoms with van der Waals surface area (Å²) in [4.78, 5) is 0. The summed E-state index contributed by atoms with van der Waals surface area (Å²) in [6.07, 6.45) is 0. The summed E-state index contributed by atoms with van der Waals surface area (Å²) in [5.41, 5.74) is 1.26. The third-order valence-corrected chi connectivity index (χ3v) is 4.05. The Morgan fingerprint density at radius 3 is 2.30 bits per heavy atom. The molecule has 0 heterocycles. The average Bonchev–Trinajstić information content (AvgIpc) is 2.46. The number of aliphatic hydroxyl groups is 1. The highest BCUT2D eigenvalue weighted by Crippen LogP contribution is 2.21. The van der Waals surface area contributed by atoms with Crippen molar-refractivity contribution in [3.63, 3.8) is 0 Å². The first-order valence-electron chi connectivity index (χ1n) is 6.76. The Kier molecular flexibility index (Phi) is 4.97. The highest BCUT2D eigenvalue weighted by atomic mass is 79.9. The molecule has 2 unspecified atom stereocenters. The van der Waals surface area contributed by atoms with Gasteiger partial charge in [-0.25, -0.2) is 0 Å². The number of halogens is 1. The molecule has 0 saturated heterocycles. The van der Waals surface area contributed by atoms with Crippen molar-refractivity contribution in [2.75, 3.05) is 6.54 Å². The van der Waals surface area contributed by atoms with E-state index in [4.69, 9.17) is 0 Å². The maximum Gasteiger partial charge on any atom is 0.0992 e. The van der Waals surface area contributed by atoms with Crippen molar-refractivity contribution in [1.82, 2.24) is 5.32 Å². The van der Waals surface area contributed by atoms with Gasteiger partial charge in [-0.05, 0) is 37.1 Å². The standard InChI is InChI=1S/C17H20BrNO/c1-13(14-8-10-16(18)11-9-14)19-12-17(2,20)15-6-4-3-5-7-15/h3-11,13,19-20H,12H2,1-2H3. The molecular formula is C17H20BrNO. The monoisotopic (exact) mass is 333 g/mol. The van der Waals surface area contributed by atoms with Crippen LogP contribution in [0.15, 0.2) is 59.1 Å². The molecule has 0 aromatic heterocycles. The van der Waals surface area contributed by atoms with Gasteiger partial charge in [0, 0.05) is 17.1 Å². The van der Waals surface area contributed by atoms with Crippen LogP contribution in [0.3, 0.4) is 0 Å². The van der Waals surface area contributed by atoms with E-state index < -0.39 is 5.60 Å². The number of hydrogen-bond donors (Lipinski definition) is 2. The molecule has 0 radical (unpaired) electrons. The first-order chi connectivity index (χ1) is 9.49. The van der Waals surface area contributed by atoms with Gasteiger partial charge in [0.15, 0.2) is 0 Å². The van der Waals surface area contributed by atoms with Crippen molar-refractivity contribution in [1.29, 1.82) is 0 Å². The van der Waals surface area contributed by atoms with Crippen LogP contribution in [0.25, 0.3) is 0 Å². The lowest BCUT2D eigenvalue weighted by molar-refractivity contribution is 0.0543. The lowest BCUT2D eigenvalue weighted by atomic mass is 9.95. The number of hydrogen-bond acceptors (Lipinski definition) is 2. The number of benzene rings is 2. The second kappa shape index (κ2) is 6.53. The summed E-state index contributed by atoms with van der Waals surface area (Å²) in [5.74, 6) is 0. The molecule has 0 bridgehead atoms. The molecule has 20 heavy (non-hydrogen) atoms. The number of nitrogens with one attached hydrogen (secondary N) is 1. The van der Waals surface area contributed by atoms with Crippen LogP contribution in [0.2, 0.25) is 0 Å². The molecule has 0 amide bonds. The second-order valence-corrected chi connectivity index (χ2v) is 6.21. The lowest BCUT2D eigenvalue weighted by Gasteiger charge is -2.26. The summed E-state index contributed by atoms with van der Waals surface area (Å²) in [6.45, 7) is 4.45. The normalized spacial score (nSPS) is 15.6. The van der Waals surface area contributed by atoms with E-state index in [1.165, 1.54) is 5.56 Å². The number of rotatable bonds is 5. The first kappa shape index (κ1) is 15.2. The van der Waals surface area contributed by atoms with E-state index in [0.717, 1.165) is 10.0 Å². The minimum absolute atomic E-state index is 0.193. The first-order valence-corrected chi connectivity index (χ1v) is 7.55. The molecule has 0 spiro atoms. The van der Waals surface area contributed by atoms with Gasteiger partial charge in [0.1, 0.15) is 0 Å². The molecule has 2 nitrogen and oxygen atoms in total. The van der Waals surface area contributed by atoms with Crippen LogP contribution in [0.4, 0.5) is 0 Å². The Hall–Kier alpha value is -1.16. The molecule has 106 valence electrons. The highest BCUT2D eigenvalue weighted by Gasteiger charge is 2.23. The van der Waals surface area contributed by atoms with Crippen LogP contribution in [0.5, 0.6) is 0 Å². The maximum absolute atomic E-state index is 10.6. The van der Waals surface area contributed by atoms with Crippen LogP contribution in [-0.2, 0) is 5.60 Å². The third-order valence-electron chi connectivity index (χ3n) is 3.52. The second-order valence-electron chi connectivity index (χ2n) is 5.29. The molecule has 2 N–H and O–H groups in total. The Labute approximate surface area is 129 Å². The zero-order chi connectivity index (χ0) is 14.6. The summed E-state index contributed by atoms with van der Waals surface area (Å²) in [6, 6.07) is 18.2. The predicted octanol–water partition coefficient (Wildman–Crippen LogP) is 4.01. The summed E-state index contributed by atoms with van der Waals surface area (Å²) >= 11 is 3.44. The quantitative estimate of drug-likeness (QED) is 0.866. The van der Waals surface area contributed by atoms with Gasteiger partial charge in [-0.3, -0.25) is 0 Å².